The summed E-state index contributed by atoms with van der Waals surface area (Å²) in [6, 6.07) is 13.0. The summed E-state index contributed by atoms with van der Waals surface area (Å²) in [5.41, 5.74) is 1.60. The lowest BCUT2D eigenvalue weighted by Gasteiger charge is -2.43. The van der Waals surface area contributed by atoms with Crippen molar-refractivity contribution in [3.05, 3.63) is 71.3 Å². The van der Waals surface area contributed by atoms with Gasteiger partial charge >= 0.3 is 0 Å². The molecule has 154 valence electrons. The van der Waals surface area contributed by atoms with E-state index in [9.17, 15) is 13.6 Å². The lowest BCUT2D eigenvalue weighted by atomic mass is 9.83. The molecule has 0 radical (unpaired) electrons. The standard InChI is InChI=1S/C24H27F2NO2/c1-3-21(28)23-20-13-12-19(27(20)2)14-22(23)29-24(15-4-8-17(25)9-5-15)16-6-10-18(26)11-7-16/h4-11,19-20,22-24H,3,12-14H2,1-2H3. The van der Waals surface area contributed by atoms with E-state index in [4.69, 9.17) is 4.74 Å². The van der Waals surface area contributed by atoms with Crippen molar-refractivity contribution in [1.29, 1.82) is 0 Å². The number of hydrogen-bond donors (Lipinski definition) is 0. The van der Waals surface area contributed by atoms with Crippen LogP contribution in [0.3, 0.4) is 0 Å². The Morgan fingerprint density at radius 3 is 2.10 bits per heavy atom. The van der Waals surface area contributed by atoms with E-state index >= 15 is 0 Å². The number of carbonyl (C=O) groups is 1. The fourth-order valence-corrected chi connectivity index (χ4v) is 5.02. The molecule has 0 amide bonds. The lowest BCUT2D eigenvalue weighted by molar-refractivity contribution is -0.139. The van der Waals surface area contributed by atoms with E-state index in [1.165, 1.54) is 24.3 Å². The van der Waals surface area contributed by atoms with Gasteiger partial charge in [-0.25, -0.2) is 8.78 Å². The largest absolute Gasteiger partial charge is 0.365 e. The summed E-state index contributed by atoms with van der Waals surface area (Å²) < 4.78 is 33.6. The number of carbonyl (C=O) groups excluding carboxylic acids is 1. The molecule has 0 saturated carbocycles. The summed E-state index contributed by atoms with van der Waals surface area (Å²) in [5.74, 6) is -0.581. The molecule has 2 fully saturated rings. The lowest BCUT2D eigenvalue weighted by Crippen LogP contribution is -2.53. The van der Waals surface area contributed by atoms with E-state index in [-0.39, 0.29) is 35.5 Å². The van der Waals surface area contributed by atoms with Crippen LogP contribution in [0.25, 0.3) is 0 Å². The molecule has 3 nitrogen and oxygen atoms in total. The maximum Gasteiger partial charge on any atom is 0.139 e. The van der Waals surface area contributed by atoms with Gasteiger partial charge in [0.05, 0.1) is 12.0 Å². The summed E-state index contributed by atoms with van der Waals surface area (Å²) in [6.07, 6.45) is 2.67. The second-order valence-electron chi connectivity index (χ2n) is 8.20. The Bertz CT molecular complexity index is 807. The minimum absolute atomic E-state index is 0.174. The summed E-state index contributed by atoms with van der Waals surface area (Å²) in [6.45, 7) is 1.90. The first-order valence-corrected chi connectivity index (χ1v) is 10.4. The molecular weight excluding hydrogens is 372 g/mol. The number of fused-ring (bicyclic) bond motifs is 2. The maximum absolute atomic E-state index is 13.5. The molecule has 0 spiro atoms. The molecule has 0 aromatic heterocycles. The Labute approximate surface area is 170 Å². The van der Waals surface area contributed by atoms with E-state index in [0.29, 0.717) is 12.5 Å². The van der Waals surface area contributed by atoms with Gasteiger partial charge in [0.2, 0.25) is 0 Å². The van der Waals surface area contributed by atoms with Crippen LogP contribution in [0.15, 0.2) is 48.5 Å². The first-order valence-electron chi connectivity index (χ1n) is 10.4. The molecule has 2 aliphatic rings. The molecule has 4 unspecified atom stereocenters. The molecule has 4 atom stereocenters. The SMILES string of the molecule is CCC(=O)C1C(OC(c2ccc(F)cc2)c2ccc(F)cc2)CC2CCC1N2C. The van der Waals surface area contributed by atoms with Crippen LogP contribution in [0.5, 0.6) is 0 Å². The molecule has 5 heteroatoms. The molecular formula is C24H27F2NO2. The topological polar surface area (TPSA) is 29.5 Å². The van der Waals surface area contributed by atoms with Crippen LogP contribution in [0.4, 0.5) is 8.78 Å². The van der Waals surface area contributed by atoms with Gasteiger partial charge in [0.15, 0.2) is 0 Å². The summed E-state index contributed by atoms with van der Waals surface area (Å²) >= 11 is 0. The first-order chi connectivity index (χ1) is 14.0. The third-order valence-corrected chi connectivity index (χ3v) is 6.59. The molecule has 2 saturated heterocycles. The summed E-state index contributed by atoms with van der Waals surface area (Å²) in [7, 11) is 2.10. The van der Waals surface area contributed by atoms with Crippen LogP contribution in [0, 0.1) is 17.6 Å². The number of piperidine rings is 1. The van der Waals surface area contributed by atoms with Crippen LogP contribution >= 0.6 is 0 Å². The monoisotopic (exact) mass is 399 g/mol. The number of benzene rings is 2. The number of hydrogen-bond acceptors (Lipinski definition) is 3. The average molecular weight is 399 g/mol. The molecule has 2 aliphatic heterocycles. The zero-order valence-electron chi connectivity index (χ0n) is 16.9. The van der Waals surface area contributed by atoms with Crippen molar-refractivity contribution in [3.63, 3.8) is 0 Å². The molecule has 0 aliphatic carbocycles. The van der Waals surface area contributed by atoms with Crippen molar-refractivity contribution >= 4 is 5.78 Å². The minimum Gasteiger partial charge on any atom is -0.365 e. The predicted octanol–water partition coefficient (Wildman–Crippen LogP) is 4.90. The number of ether oxygens (including phenoxy) is 1. The van der Waals surface area contributed by atoms with Crippen LogP contribution in [-0.4, -0.2) is 35.9 Å². The highest BCUT2D eigenvalue weighted by atomic mass is 19.1. The Balaban J connectivity index is 1.68. The Morgan fingerprint density at radius 2 is 1.59 bits per heavy atom. The quantitative estimate of drug-likeness (QED) is 0.692. The highest BCUT2D eigenvalue weighted by Crippen LogP contribution is 2.42. The second kappa shape index (κ2) is 8.33. The van der Waals surface area contributed by atoms with Crippen molar-refractivity contribution < 1.29 is 18.3 Å². The molecule has 0 N–H and O–H groups in total. The average Bonchev–Trinajstić information content (AvgIpc) is 2.96. The fraction of sp³-hybridized carbons (Fsp3) is 0.458. The van der Waals surface area contributed by atoms with E-state index in [2.05, 4.69) is 11.9 Å². The molecule has 2 aromatic carbocycles. The van der Waals surface area contributed by atoms with E-state index in [0.717, 1.165) is 30.4 Å². The molecule has 2 heterocycles. The third kappa shape index (κ3) is 3.99. The van der Waals surface area contributed by atoms with Crippen LogP contribution in [-0.2, 0) is 9.53 Å². The highest BCUT2D eigenvalue weighted by Gasteiger charge is 2.49. The Morgan fingerprint density at radius 1 is 1.03 bits per heavy atom. The zero-order valence-corrected chi connectivity index (χ0v) is 16.9. The van der Waals surface area contributed by atoms with Crippen molar-refractivity contribution in [3.8, 4) is 0 Å². The Hall–Kier alpha value is -2.11. The van der Waals surface area contributed by atoms with Crippen molar-refractivity contribution in [1.82, 2.24) is 4.90 Å². The Kier molecular flexibility index (Phi) is 5.79. The first kappa shape index (κ1) is 20.2. The van der Waals surface area contributed by atoms with Crippen LogP contribution in [0.2, 0.25) is 0 Å². The van der Waals surface area contributed by atoms with E-state index in [1.54, 1.807) is 24.3 Å². The van der Waals surface area contributed by atoms with Gasteiger partial charge in [-0.2, -0.15) is 0 Å². The van der Waals surface area contributed by atoms with Crippen LogP contribution < -0.4 is 0 Å². The van der Waals surface area contributed by atoms with Crippen molar-refractivity contribution in [2.75, 3.05) is 7.05 Å². The minimum atomic E-state index is -0.476. The molecule has 4 rings (SSSR count). The molecule has 2 aromatic rings. The van der Waals surface area contributed by atoms with E-state index < -0.39 is 6.10 Å². The van der Waals surface area contributed by atoms with Gasteiger partial charge in [0.1, 0.15) is 23.5 Å². The number of halogens is 2. The summed E-state index contributed by atoms with van der Waals surface area (Å²) in [4.78, 5) is 15.2. The smallest absolute Gasteiger partial charge is 0.139 e. The number of Topliss-reactive ketones (excluding diaryl/α,β-unsaturated/α-hetero) is 1. The predicted molar refractivity (Wildman–Crippen MR) is 107 cm³/mol. The number of ketones is 1. The van der Waals surface area contributed by atoms with Crippen molar-refractivity contribution in [2.24, 2.45) is 5.92 Å². The number of rotatable bonds is 6. The van der Waals surface area contributed by atoms with E-state index in [1.807, 2.05) is 6.92 Å². The fourth-order valence-electron chi connectivity index (χ4n) is 5.02. The second-order valence-corrected chi connectivity index (χ2v) is 8.20. The summed E-state index contributed by atoms with van der Waals surface area (Å²) in [5, 5.41) is 0. The van der Waals surface area contributed by atoms with Gasteiger partial charge in [-0.3, -0.25) is 9.69 Å². The molecule has 29 heavy (non-hydrogen) atoms. The molecule has 2 bridgehead atoms. The van der Waals surface area contributed by atoms with Gasteiger partial charge in [-0.1, -0.05) is 31.2 Å². The highest BCUT2D eigenvalue weighted by molar-refractivity contribution is 5.82. The van der Waals surface area contributed by atoms with Gasteiger partial charge in [0.25, 0.3) is 0 Å². The van der Waals surface area contributed by atoms with Gasteiger partial charge in [0, 0.05) is 18.5 Å². The van der Waals surface area contributed by atoms with Gasteiger partial charge in [-0.15, -0.1) is 0 Å². The zero-order chi connectivity index (χ0) is 20.5. The van der Waals surface area contributed by atoms with Gasteiger partial charge in [-0.05, 0) is 61.7 Å². The normalized spacial score (nSPS) is 26.8. The third-order valence-electron chi connectivity index (χ3n) is 6.59. The van der Waals surface area contributed by atoms with Crippen LogP contribution in [0.1, 0.15) is 49.8 Å². The van der Waals surface area contributed by atoms with Gasteiger partial charge < -0.3 is 4.74 Å². The number of nitrogens with zero attached hydrogens (tertiary/aromatic N) is 1. The maximum atomic E-state index is 13.5. The van der Waals surface area contributed by atoms with Crippen molar-refractivity contribution in [2.45, 2.75) is 56.9 Å².